The number of halogens is 1. The van der Waals surface area contributed by atoms with Crippen molar-refractivity contribution in [2.24, 2.45) is 0 Å². The monoisotopic (exact) mass is 350 g/mol. The molecule has 0 saturated carbocycles. The second-order valence-corrected chi connectivity index (χ2v) is 5.41. The zero-order valence-electron chi connectivity index (χ0n) is 11.4. The minimum Gasteiger partial charge on any atom is -0.467 e. The molecule has 2 N–H and O–H groups in total. The summed E-state index contributed by atoms with van der Waals surface area (Å²) < 4.78 is 6.01. The van der Waals surface area contributed by atoms with Gasteiger partial charge >= 0.3 is 0 Å². The Morgan fingerprint density at radius 2 is 2.10 bits per heavy atom. The molecule has 5 nitrogen and oxygen atoms in total. The van der Waals surface area contributed by atoms with E-state index in [4.69, 9.17) is 4.42 Å². The topological polar surface area (TPSA) is 71.3 Å². The van der Waals surface area contributed by atoms with Crippen molar-refractivity contribution in [3.8, 4) is 0 Å². The van der Waals surface area contributed by atoms with Crippen LogP contribution in [0.2, 0.25) is 0 Å². The maximum Gasteiger partial charge on any atom is 0.251 e. The summed E-state index contributed by atoms with van der Waals surface area (Å²) in [4.78, 5) is 23.7. The first kappa shape index (κ1) is 15.3. The van der Waals surface area contributed by atoms with E-state index in [-0.39, 0.29) is 24.4 Å². The first-order valence-corrected chi connectivity index (χ1v) is 7.22. The van der Waals surface area contributed by atoms with Crippen molar-refractivity contribution in [3.05, 3.63) is 58.5 Å². The number of hydrogen-bond acceptors (Lipinski definition) is 3. The van der Waals surface area contributed by atoms with Crippen LogP contribution in [-0.2, 0) is 4.79 Å². The second-order valence-electron chi connectivity index (χ2n) is 4.50. The Kier molecular flexibility index (Phi) is 5.16. The molecule has 0 aliphatic rings. The van der Waals surface area contributed by atoms with Gasteiger partial charge in [0.25, 0.3) is 5.91 Å². The van der Waals surface area contributed by atoms with Crippen LogP contribution in [-0.4, -0.2) is 18.4 Å². The smallest absolute Gasteiger partial charge is 0.251 e. The van der Waals surface area contributed by atoms with Crippen LogP contribution < -0.4 is 10.6 Å². The van der Waals surface area contributed by atoms with Gasteiger partial charge in [0.15, 0.2) is 0 Å². The van der Waals surface area contributed by atoms with Crippen LogP contribution in [0, 0.1) is 0 Å². The van der Waals surface area contributed by atoms with Crippen LogP contribution in [0.25, 0.3) is 0 Å². The zero-order valence-corrected chi connectivity index (χ0v) is 13.0. The Bertz CT molecular complexity index is 626. The van der Waals surface area contributed by atoms with Crippen molar-refractivity contribution in [2.45, 2.75) is 13.0 Å². The summed E-state index contributed by atoms with van der Waals surface area (Å²) in [5.74, 6) is 0.0982. The molecule has 2 rings (SSSR count). The van der Waals surface area contributed by atoms with Crippen molar-refractivity contribution in [2.75, 3.05) is 6.54 Å². The second kappa shape index (κ2) is 7.08. The molecule has 0 aliphatic heterocycles. The summed E-state index contributed by atoms with van der Waals surface area (Å²) in [5.41, 5.74) is 0.497. The Morgan fingerprint density at radius 3 is 2.76 bits per heavy atom. The van der Waals surface area contributed by atoms with Crippen LogP contribution in [0.1, 0.15) is 29.1 Å². The predicted molar refractivity (Wildman–Crippen MR) is 81.7 cm³/mol. The molecule has 0 radical (unpaired) electrons. The summed E-state index contributed by atoms with van der Waals surface area (Å²) in [6.07, 6.45) is 1.55. The first-order chi connectivity index (χ1) is 10.1. The molecule has 1 aromatic heterocycles. The minimum absolute atomic E-state index is 0.0869. The van der Waals surface area contributed by atoms with Gasteiger partial charge in [-0.05, 0) is 37.3 Å². The van der Waals surface area contributed by atoms with Crippen molar-refractivity contribution >= 4 is 27.7 Å². The average Bonchev–Trinajstić information content (AvgIpc) is 2.99. The molecule has 2 aromatic rings. The Labute approximate surface area is 130 Å². The summed E-state index contributed by atoms with van der Waals surface area (Å²) in [7, 11) is 0. The summed E-state index contributed by atoms with van der Waals surface area (Å²) in [5, 5.41) is 5.32. The number of amides is 2. The van der Waals surface area contributed by atoms with E-state index < -0.39 is 0 Å². The number of benzene rings is 1. The van der Waals surface area contributed by atoms with Gasteiger partial charge < -0.3 is 15.1 Å². The lowest BCUT2D eigenvalue weighted by Gasteiger charge is -2.12. The molecule has 0 saturated heterocycles. The van der Waals surface area contributed by atoms with E-state index in [1.54, 1.807) is 36.6 Å². The van der Waals surface area contributed by atoms with Crippen molar-refractivity contribution in [1.29, 1.82) is 0 Å². The highest BCUT2D eigenvalue weighted by atomic mass is 79.9. The molecule has 110 valence electrons. The third-order valence-electron chi connectivity index (χ3n) is 2.84. The molecule has 1 aromatic carbocycles. The average molecular weight is 351 g/mol. The molecule has 6 heteroatoms. The highest BCUT2D eigenvalue weighted by Crippen LogP contribution is 2.12. The van der Waals surface area contributed by atoms with Crippen LogP contribution in [0.15, 0.2) is 51.6 Å². The molecular formula is C15H15BrN2O3. The van der Waals surface area contributed by atoms with Gasteiger partial charge in [-0.25, -0.2) is 0 Å². The van der Waals surface area contributed by atoms with Gasteiger partial charge in [-0.2, -0.15) is 0 Å². The highest BCUT2D eigenvalue weighted by molar-refractivity contribution is 9.10. The van der Waals surface area contributed by atoms with E-state index in [9.17, 15) is 9.59 Å². The lowest BCUT2D eigenvalue weighted by molar-refractivity contribution is -0.120. The lowest BCUT2D eigenvalue weighted by atomic mass is 10.2. The number of rotatable bonds is 5. The zero-order chi connectivity index (χ0) is 15.2. The maximum atomic E-state index is 11.9. The number of hydrogen-bond donors (Lipinski definition) is 2. The van der Waals surface area contributed by atoms with Gasteiger partial charge in [-0.3, -0.25) is 9.59 Å². The fraction of sp³-hybridized carbons (Fsp3) is 0.200. The number of carbonyl (C=O) groups is 2. The van der Waals surface area contributed by atoms with Crippen LogP contribution in [0.4, 0.5) is 0 Å². The SMILES string of the molecule is C[C@@H](NC(=O)CNC(=O)c1cccc(Br)c1)c1ccco1. The van der Waals surface area contributed by atoms with Crippen molar-refractivity contribution < 1.29 is 14.0 Å². The molecule has 0 spiro atoms. The lowest BCUT2D eigenvalue weighted by Crippen LogP contribution is -2.37. The van der Waals surface area contributed by atoms with Gasteiger partial charge in [-0.15, -0.1) is 0 Å². The fourth-order valence-electron chi connectivity index (χ4n) is 1.79. The van der Waals surface area contributed by atoms with Crippen LogP contribution in [0.3, 0.4) is 0 Å². The van der Waals surface area contributed by atoms with Crippen molar-refractivity contribution in [3.63, 3.8) is 0 Å². The standard InChI is InChI=1S/C15H15BrN2O3/c1-10(13-6-3-7-21-13)18-14(19)9-17-15(20)11-4-2-5-12(16)8-11/h2-8,10H,9H2,1H3,(H,17,20)(H,18,19)/t10-/m1/s1. The highest BCUT2D eigenvalue weighted by Gasteiger charge is 2.13. The normalized spacial score (nSPS) is 11.7. The number of nitrogens with one attached hydrogen (secondary N) is 2. The molecule has 1 heterocycles. The van der Waals surface area contributed by atoms with E-state index in [1.165, 1.54) is 0 Å². The molecule has 0 aliphatic carbocycles. The summed E-state index contributed by atoms with van der Waals surface area (Å²) in [6.45, 7) is 1.73. The molecule has 1 atom stereocenters. The Hall–Kier alpha value is -2.08. The van der Waals surface area contributed by atoms with Crippen LogP contribution in [0.5, 0.6) is 0 Å². The molecular weight excluding hydrogens is 336 g/mol. The van der Waals surface area contributed by atoms with E-state index in [0.29, 0.717) is 11.3 Å². The molecule has 21 heavy (non-hydrogen) atoms. The van der Waals surface area contributed by atoms with E-state index in [2.05, 4.69) is 26.6 Å². The third kappa shape index (κ3) is 4.46. The van der Waals surface area contributed by atoms with Gasteiger partial charge in [-0.1, -0.05) is 22.0 Å². The predicted octanol–water partition coefficient (Wildman–Crippen LogP) is 2.65. The summed E-state index contributed by atoms with van der Waals surface area (Å²) >= 11 is 3.30. The maximum absolute atomic E-state index is 11.9. The minimum atomic E-state index is -0.294. The Morgan fingerprint density at radius 1 is 1.29 bits per heavy atom. The van der Waals surface area contributed by atoms with Crippen molar-refractivity contribution in [1.82, 2.24) is 10.6 Å². The quantitative estimate of drug-likeness (QED) is 0.870. The number of carbonyl (C=O) groups excluding carboxylic acids is 2. The molecule has 0 unspecified atom stereocenters. The Balaban J connectivity index is 1.82. The van der Waals surface area contributed by atoms with Gasteiger partial charge in [0.2, 0.25) is 5.91 Å². The molecule has 0 bridgehead atoms. The first-order valence-electron chi connectivity index (χ1n) is 6.43. The third-order valence-corrected chi connectivity index (χ3v) is 3.34. The van der Waals surface area contributed by atoms with E-state index in [0.717, 1.165) is 4.47 Å². The fourth-order valence-corrected chi connectivity index (χ4v) is 2.19. The van der Waals surface area contributed by atoms with E-state index >= 15 is 0 Å². The number of furan rings is 1. The molecule has 2 amide bonds. The summed E-state index contributed by atoms with van der Waals surface area (Å²) in [6, 6.07) is 10.3. The van der Waals surface area contributed by atoms with Gasteiger partial charge in [0, 0.05) is 10.0 Å². The van der Waals surface area contributed by atoms with Gasteiger partial charge in [0.1, 0.15) is 5.76 Å². The largest absolute Gasteiger partial charge is 0.467 e. The van der Waals surface area contributed by atoms with Gasteiger partial charge in [0.05, 0.1) is 18.8 Å². The van der Waals surface area contributed by atoms with E-state index in [1.807, 2.05) is 13.0 Å². The molecule has 0 fully saturated rings. The van der Waals surface area contributed by atoms with Crippen LogP contribution >= 0.6 is 15.9 Å².